The number of hydrogen-bond acceptors (Lipinski definition) is 6. The van der Waals surface area contributed by atoms with E-state index in [1.807, 2.05) is 31.2 Å². The fourth-order valence-corrected chi connectivity index (χ4v) is 3.08. The molecule has 0 spiro atoms. The molecular formula is C17H16N4O3S. The summed E-state index contributed by atoms with van der Waals surface area (Å²) in [6.45, 7) is 1.94. The second-order valence-electron chi connectivity index (χ2n) is 5.29. The normalized spacial score (nSPS) is 10.5. The molecule has 1 amide bonds. The fraction of sp³-hybridized carbons (Fsp3) is 0.176. The molecule has 128 valence electrons. The molecule has 2 heterocycles. The Hall–Kier alpha value is -3.00. The summed E-state index contributed by atoms with van der Waals surface area (Å²) in [5.74, 6) is 0.358. The summed E-state index contributed by atoms with van der Waals surface area (Å²) in [5.41, 5.74) is 1.62. The minimum absolute atomic E-state index is 0.154. The smallest absolute Gasteiger partial charge is 0.277 e. The number of carbonyl (C=O) groups is 1. The first kappa shape index (κ1) is 16.8. The van der Waals surface area contributed by atoms with Gasteiger partial charge in [0.2, 0.25) is 0 Å². The number of aryl methyl sites for hydroxylation is 2. The molecule has 0 atom stereocenters. The number of anilines is 1. The van der Waals surface area contributed by atoms with Crippen LogP contribution in [0.4, 0.5) is 5.13 Å². The number of aromatic nitrogens is 3. The Labute approximate surface area is 147 Å². The zero-order valence-electron chi connectivity index (χ0n) is 13.9. The third-order valence-corrected chi connectivity index (χ3v) is 4.46. The quantitative estimate of drug-likeness (QED) is 0.776. The van der Waals surface area contributed by atoms with Crippen molar-refractivity contribution in [2.75, 3.05) is 12.4 Å². The Morgan fingerprint density at radius 2 is 1.92 bits per heavy atom. The van der Waals surface area contributed by atoms with Crippen LogP contribution in [0.5, 0.6) is 5.75 Å². The van der Waals surface area contributed by atoms with Crippen molar-refractivity contribution in [3.63, 3.8) is 0 Å². The van der Waals surface area contributed by atoms with Gasteiger partial charge in [-0.1, -0.05) is 0 Å². The average Bonchev–Trinajstić information content (AvgIpc) is 2.97. The van der Waals surface area contributed by atoms with Crippen LogP contribution in [0.2, 0.25) is 0 Å². The van der Waals surface area contributed by atoms with Crippen molar-refractivity contribution >= 4 is 22.4 Å². The minimum atomic E-state index is -0.411. The van der Waals surface area contributed by atoms with Crippen LogP contribution in [-0.2, 0) is 7.05 Å². The van der Waals surface area contributed by atoms with Gasteiger partial charge in [-0.05, 0) is 37.3 Å². The number of carbonyl (C=O) groups excluding carboxylic acids is 1. The van der Waals surface area contributed by atoms with E-state index in [0.29, 0.717) is 5.13 Å². The zero-order valence-corrected chi connectivity index (χ0v) is 14.8. The van der Waals surface area contributed by atoms with Crippen molar-refractivity contribution in [1.29, 1.82) is 0 Å². The number of ether oxygens (including phenoxy) is 1. The lowest BCUT2D eigenvalue weighted by molar-refractivity contribution is 0.102. The lowest BCUT2D eigenvalue weighted by Crippen LogP contribution is -2.23. The van der Waals surface area contributed by atoms with E-state index in [1.165, 1.54) is 30.5 Å². The first-order valence-corrected chi connectivity index (χ1v) is 8.27. The molecule has 3 rings (SSSR count). The Morgan fingerprint density at radius 3 is 2.56 bits per heavy atom. The van der Waals surface area contributed by atoms with Gasteiger partial charge >= 0.3 is 0 Å². The highest BCUT2D eigenvalue weighted by Gasteiger charge is 2.14. The van der Waals surface area contributed by atoms with E-state index in [4.69, 9.17) is 4.74 Å². The maximum atomic E-state index is 12.3. The van der Waals surface area contributed by atoms with Crippen molar-refractivity contribution in [1.82, 2.24) is 14.8 Å². The summed E-state index contributed by atoms with van der Waals surface area (Å²) >= 11 is 1.38. The number of hydrogen-bond donors (Lipinski definition) is 1. The number of methoxy groups -OCH3 is 1. The molecule has 7 nitrogen and oxygen atoms in total. The molecular weight excluding hydrogens is 340 g/mol. The maximum absolute atomic E-state index is 12.3. The van der Waals surface area contributed by atoms with Gasteiger partial charge in [-0.15, -0.1) is 11.3 Å². The van der Waals surface area contributed by atoms with E-state index in [2.05, 4.69) is 15.4 Å². The van der Waals surface area contributed by atoms with Gasteiger partial charge in [0.15, 0.2) is 5.13 Å². The lowest BCUT2D eigenvalue weighted by Gasteiger charge is -2.03. The van der Waals surface area contributed by atoms with Gasteiger partial charge in [-0.3, -0.25) is 14.9 Å². The van der Waals surface area contributed by atoms with Crippen LogP contribution in [0.3, 0.4) is 0 Å². The van der Waals surface area contributed by atoms with Crippen molar-refractivity contribution in [2.24, 2.45) is 7.05 Å². The average molecular weight is 356 g/mol. The van der Waals surface area contributed by atoms with Crippen molar-refractivity contribution < 1.29 is 9.53 Å². The molecule has 0 saturated carbocycles. The van der Waals surface area contributed by atoms with E-state index >= 15 is 0 Å². The SMILES string of the molecule is COc1ccc(-c2nc(NC(=O)c3ccc(=O)n(C)n3)sc2C)cc1. The van der Waals surface area contributed by atoms with E-state index < -0.39 is 5.91 Å². The van der Waals surface area contributed by atoms with E-state index in [-0.39, 0.29) is 11.3 Å². The predicted molar refractivity (Wildman–Crippen MR) is 96.3 cm³/mol. The summed E-state index contributed by atoms with van der Waals surface area (Å²) in [6, 6.07) is 10.3. The van der Waals surface area contributed by atoms with Crippen LogP contribution < -0.4 is 15.6 Å². The maximum Gasteiger partial charge on any atom is 0.277 e. The zero-order chi connectivity index (χ0) is 18.0. The van der Waals surface area contributed by atoms with Crippen molar-refractivity contribution in [3.8, 4) is 17.0 Å². The second-order valence-corrected chi connectivity index (χ2v) is 6.49. The standard InChI is InChI=1S/C17H16N4O3S/c1-10-15(11-4-6-12(24-3)7-5-11)18-17(25-10)19-16(23)13-8-9-14(22)21(2)20-13/h4-9H,1-3H3,(H,18,19,23). The van der Waals surface area contributed by atoms with E-state index in [9.17, 15) is 9.59 Å². The van der Waals surface area contributed by atoms with Gasteiger partial charge in [0.1, 0.15) is 11.4 Å². The van der Waals surface area contributed by atoms with E-state index in [1.54, 1.807) is 7.11 Å². The molecule has 0 saturated heterocycles. The van der Waals surface area contributed by atoms with Crippen LogP contribution in [0, 0.1) is 6.92 Å². The number of nitrogens with zero attached hydrogens (tertiary/aromatic N) is 3. The molecule has 0 bridgehead atoms. The monoisotopic (exact) mass is 356 g/mol. The molecule has 8 heteroatoms. The molecule has 0 aliphatic heterocycles. The molecule has 25 heavy (non-hydrogen) atoms. The second kappa shape index (κ2) is 6.86. The summed E-state index contributed by atoms with van der Waals surface area (Å²) in [5, 5.41) is 7.13. The summed E-state index contributed by atoms with van der Waals surface area (Å²) in [7, 11) is 3.11. The van der Waals surface area contributed by atoms with Gasteiger partial charge in [0.05, 0.1) is 12.8 Å². The molecule has 0 fully saturated rings. The third-order valence-electron chi connectivity index (χ3n) is 3.57. The Bertz CT molecular complexity index is 976. The van der Waals surface area contributed by atoms with Gasteiger partial charge in [-0.25, -0.2) is 9.67 Å². The topological polar surface area (TPSA) is 86.1 Å². The van der Waals surface area contributed by atoms with Crippen molar-refractivity contribution in [3.05, 3.63) is 57.3 Å². The Morgan fingerprint density at radius 1 is 1.20 bits per heavy atom. The van der Waals surface area contributed by atoms with Crippen LogP contribution in [0.15, 0.2) is 41.2 Å². The first-order valence-electron chi connectivity index (χ1n) is 7.45. The third kappa shape index (κ3) is 3.58. The minimum Gasteiger partial charge on any atom is -0.497 e. The molecule has 1 aromatic carbocycles. The summed E-state index contributed by atoms with van der Waals surface area (Å²) in [6.07, 6.45) is 0. The van der Waals surface area contributed by atoms with Gasteiger partial charge in [-0.2, -0.15) is 5.10 Å². The number of benzene rings is 1. The molecule has 0 aliphatic rings. The molecule has 0 radical (unpaired) electrons. The Kier molecular flexibility index (Phi) is 4.62. The van der Waals surface area contributed by atoms with Crippen LogP contribution in [-0.4, -0.2) is 27.8 Å². The first-order chi connectivity index (χ1) is 12.0. The molecule has 3 aromatic rings. The van der Waals surface area contributed by atoms with Crippen LogP contribution in [0.25, 0.3) is 11.3 Å². The number of rotatable bonds is 4. The number of thiazole rings is 1. The predicted octanol–water partition coefficient (Wildman–Crippen LogP) is 2.47. The van der Waals surface area contributed by atoms with Gasteiger partial charge < -0.3 is 4.74 Å². The van der Waals surface area contributed by atoms with Crippen LogP contribution >= 0.6 is 11.3 Å². The molecule has 2 aromatic heterocycles. The number of amides is 1. The number of nitrogens with one attached hydrogen (secondary N) is 1. The molecule has 0 aliphatic carbocycles. The largest absolute Gasteiger partial charge is 0.497 e. The highest BCUT2D eigenvalue weighted by atomic mass is 32.1. The van der Waals surface area contributed by atoms with E-state index in [0.717, 1.165) is 26.6 Å². The van der Waals surface area contributed by atoms with Crippen molar-refractivity contribution in [2.45, 2.75) is 6.92 Å². The summed E-state index contributed by atoms with van der Waals surface area (Å²) < 4.78 is 6.27. The summed E-state index contributed by atoms with van der Waals surface area (Å²) in [4.78, 5) is 29.1. The molecule has 1 N–H and O–H groups in total. The highest BCUT2D eigenvalue weighted by Crippen LogP contribution is 2.31. The Balaban J connectivity index is 1.82. The van der Waals surface area contributed by atoms with Gasteiger partial charge in [0.25, 0.3) is 11.5 Å². The van der Waals surface area contributed by atoms with Crippen LogP contribution in [0.1, 0.15) is 15.4 Å². The molecule has 0 unspecified atom stereocenters. The fourth-order valence-electron chi connectivity index (χ4n) is 2.25. The highest BCUT2D eigenvalue weighted by molar-refractivity contribution is 7.16. The van der Waals surface area contributed by atoms with Gasteiger partial charge in [0, 0.05) is 23.6 Å². The lowest BCUT2D eigenvalue weighted by atomic mass is 10.1.